The Kier molecular flexibility index (Phi) is 4.26. The SMILES string of the molecule is CCCC1CC=CN=C1Nc1ccc(Cl)cc1O. The zero-order valence-electron chi connectivity index (χ0n) is 10.4. The van der Waals surface area contributed by atoms with Gasteiger partial charge >= 0.3 is 0 Å². The van der Waals surface area contributed by atoms with Crippen LogP contribution in [0.15, 0.2) is 35.5 Å². The summed E-state index contributed by atoms with van der Waals surface area (Å²) in [5, 5.41) is 13.5. The molecule has 0 fully saturated rings. The summed E-state index contributed by atoms with van der Waals surface area (Å²) in [6.45, 7) is 2.16. The fourth-order valence-electron chi connectivity index (χ4n) is 2.06. The van der Waals surface area contributed by atoms with Crippen LogP contribution in [0.5, 0.6) is 5.75 Å². The summed E-state index contributed by atoms with van der Waals surface area (Å²) in [4.78, 5) is 4.37. The Labute approximate surface area is 112 Å². The number of amidine groups is 1. The van der Waals surface area contributed by atoms with E-state index in [2.05, 4.69) is 23.3 Å². The third-order valence-corrected chi connectivity index (χ3v) is 3.22. The highest BCUT2D eigenvalue weighted by atomic mass is 35.5. The van der Waals surface area contributed by atoms with Crippen molar-refractivity contribution in [1.82, 2.24) is 0 Å². The van der Waals surface area contributed by atoms with Gasteiger partial charge in [-0.15, -0.1) is 0 Å². The van der Waals surface area contributed by atoms with E-state index >= 15 is 0 Å². The highest BCUT2D eigenvalue weighted by molar-refractivity contribution is 6.30. The molecule has 1 atom stereocenters. The Morgan fingerprint density at radius 1 is 1.50 bits per heavy atom. The minimum Gasteiger partial charge on any atom is -0.506 e. The average Bonchev–Trinajstić information content (AvgIpc) is 2.35. The number of halogens is 1. The Morgan fingerprint density at radius 2 is 2.33 bits per heavy atom. The van der Waals surface area contributed by atoms with Gasteiger partial charge in [0.25, 0.3) is 0 Å². The molecule has 2 N–H and O–H groups in total. The minimum atomic E-state index is 0.148. The van der Waals surface area contributed by atoms with Crippen LogP contribution in [0.3, 0.4) is 0 Å². The Balaban J connectivity index is 2.16. The van der Waals surface area contributed by atoms with Gasteiger partial charge in [0.2, 0.25) is 0 Å². The van der Waals surface area contributed by atoms with Crippen molar-refractivity contribution in [1.29, 1.82) is 0 Å². The number of phenolic OH excluding ortho intramolecular Hbond substituents is 1. The molecule has 0 radical (unpaired) electrons. The Hall–Kier alpha value is -1.48. The highest BCUT2D eigenvalue weighted by Gasteiger charge is 2.17. The topological polar surface area (TPSA) is 44.6 Å². The van der Waals surface area contributed by atoms with Crippen molar-refractivity contribution >= 4 is 23.1 Å². The van der Waals surface area contributed by atoms with Crippen LogP contribution < -0.4 is 5.32 Å². The van der Waals surface area contributed by atoms with Gasteiger partial charge in [0.05, 0.1) is 5.69 Å². The summed E-state index contributed by atoms with van der Waals surface area (Å²) in [7, 11) is 0. The number of aromatic hydroxyl groups is 1. The van der Waals surface area contributed by atoms with E-state index in [-0.39, 0.29) is 5.75 Å². The molecule has 3 nitrogen and oxygen atoms in total. The van der Waals surface area contributed by atoms with E-state index in [1.165, 1.54) is 6.07 Å². The number of aliphatic imine (C=N–C) groups is 1. The third kappa shape index (κ3) is 3.05. The van der Waals surface area contributed by atoms with Crippen molar-refractivity contribution in [3.05, 3.63) is 35.5 Å². The van der Waals surface area contributed by atoms with E-state index in [0.29, 0.717) is 16.6 Å². The summed E-state index contributed by atoms with van der Waals surface area (Å²) in [6, 6.07) is 5.04. The largest absolute Gasteiger partial charge is 0.506 e. The number of nitrogens with zero attached hydrogens (tertiary/aromatic N) is 1. The zero-order chi connectivity index (χ0) is 13.0. The second-order valence-electron chi connectivity index (χ2n) is 4.41. The maximum absolute atomic E-state index is 9.82. The minimum absolute atomic E-state index is 0.148. The molecule has 0 amide bonds. The van der Waals surface area contributed by atoms with Crippen LogP contribution in [0.4, 0.5) is 5.69 Å². The van der Waals surface area contributed by atoms with Crippen LogP contribution in [0, 0.1) is 5.92 Å². The van der Waals surface area contributed by atoms with Gasteiger partial charge in [0, 0.05) is 23.2 Å². The van der Waals surface area contributed by atoms with Gasteiger partial charge in [-0.05, 0) is 25.0 Å². The lowest BCUT2D eigenvalue weighted by Gasteiger charge is -2.21. The standard InChI is InChI=1S/C14H17ClN2O/c1-2-4-10-5-3-8-16-14(10)17-12-7-6-11(15)9-13(12)18/h3,6-10,18H,2,4-5H2,1H3,(H,16,17). The van der Waals surface area contributed by atoms with Crippen LogP contribution in [0.2, 0.25) is 5.02 Å². The van der Waals surface area contributed by atoms with Crippen LogP contribution in [-0.4, -0.2) is 10.9 Å². The van der Waals surface area contributed by atoms with Crippen molar-refractivity contribution in [3.63, 3.8) is 0 Å². The van der Waals surface area contributed by atoms with Crippen molar-refractivity contribution in [2.75, 3.05) is 5.32 Å². The Morgan fingerprint density at radius 3 is 3.06 bits per heavy atom. The molecule has 18 heavy (non-hydrogen) atoms. The van der Waals surface area contributed by atoms with Gasteiger partial charge in [0.15, 0.2) is 0 Å². The lowest BCUT2D eigenvalue weighted by atomic mass is 9.96. The van der Waals surface area contributed by atoms with Gasteiger partial charge < -0.3 is 10.4 Å². The molecule has 0 spiro atoms. The van der Waals surface area contributed by atoms with Gasteiger partial charge in [-0.3, -0.25) is 0 Å². The molecule has 0 saturated carbocycles. The number of anilines is 1. The number of benzene rings is 1. The fraction of sp³-hybridized carbons (Fsp3) is 0.357. The second kappa shape index (κ2) is 5.91. The first-order valence-corrected chi connectivity index (χ1v) is 6.56. The number of hydrogen-bond donors (Lipinski definition) is 2. The average molecular weight is 265 g/mol. The van der Waals surface area contributed by atoms with E-state index < -0.39 is 0 Å². The first kappa shape index (κ1) is 13.0. The lowest BCUT2D eigenvalue weighted by Crippen LogP contribution is -2.24. The van der Waals surface area contributed by atoms with Crippen molar-refractivity contribution in [2.45, 2.75) is 26.2 Å². The van der Waals surface area contributed by atoms with Gasteiger partial charge in [0.1, 0.15) is 11.6 Å². The summed E-state index contributed by atoms with van der Waals surface area (Å²) in [5.41, 5.74) is 0.648. The normalized spacial score (nSPS) is 18.6. The first-order valence-electron chi connectivity index (χ1n) is 6.19. The molecule has 96 valence electrons. The predicted molar refractivity (Wildman–Crippen MR) is 76.3 cm³/mol. The molecule has 1 aromatic rings. The van der Waals surface area contributed by atoms with Crippen molar-refractivity contribution in [2.24, 2.45) is 10.9 Å². The molecule has 0 aliphatic carbocycles. The van der Waals surface area contributed by atoms with E-state index in [0.717, 1.165) is 25.1 Å². The molecule has 1 heterocycles. The smallest absolute Gasteiger partial charge is 0.140 e. The highest BCUT2D eigenvalue weighted by Crippen LogP contribution is 2.28. The van der Waals surface area contributed by atoms with Crippen LogP contribution in [0.25, 0.3) is 0 Å². The summed E-state index contributed by atoms with van der Waals surface area (Å²) in [6.07, 6.45) is 7.08. The van der Waals surface area contributed by atoms with Gasteiger partial charge in [-0.1, -0.05) is 31.0 Å². The molecule has 2 rings (SSSR count). The summed E-state index contributed by atoms with van der Waals surface area (Å²) >= 11 is 5.81. The maximum Gasteiger partial charge on any atom is 0.140 e. The van der Waals surface area contributed by atoms with Gasteiger partial charge in [-0.25, -0.2) is 4.99 Å². The molecular formula is C14H17ClN2O. The molecule has 4 heteroatoms. The molecule has 0 aromatic heterocycles. The van der Waals surface area contributed by atoms with E-state index in [4.69, 9.17) is 11.6 Å². The van der Waals surface area contributed by atoms with Crippen LogP contribution >= 0.6 is 11.6 Å². The quantitative estimate of drug-likeness (QED) is 0.804. The molecule has 0 bridgehead atoms. The lowest BCUT2D eigenvalue weighted by molar-refractivity contribution is 0.477. The summed E-state index contributed by atoms with van der Waals surface area (Å²) < 4.78 is 0. The predicted octanol–water partition coefficient (Wildman–Crippen LogP) is 4.19. The number of nitrogens with one attached hydrogen (secondary N) is 1. The zero-order valence-corrected chi connectivity index (χ0v) is 11.1. The second-order valence-corrected chi connectivity index (χ2v) is 4.84. The number of hydrogen-bond acceptors (Lipinski definition) is 3. The van der Waals surface area contributed by atoms with Gasteiger partial charge in [-0.2, -0.15) is 0 Å². The number of allylic oxidation sites excluding steroid dienone is 1. The number of rotatable bonds is 3. The van der Waals surface area contributed by atoms with E-state index in [1.807, 2.05) is 6.20 Å². The molecule has 1 aliphatic rings. The molecule has 1 aromatic carbocycles. The fourth-order valence-corrected chi connectivity index (χ4v) is 2.23. The maximum atomic E-state index is 9.82. The number of phenols is 1. The van der Waals surface area contributed by atoms with Crippen molar-refractivity contribution in [3.8, 4) is 5.75 Å². The monoisotopic (exact) mass is 264 g/mol. The van der Waals surface area contributed by atoms with Crippen molar-refractivity contribution < 1.29 is 5.11 Å². The van der Waals surface area contributed by atoms with Crippen LogP contribution in [0.1, 0.15) is 26.2 Å². The van der Waals surface area contributed by atoms with E-state index in [9.17, 15) is 5.11 Å². The molecule has 1 unspecified atom stereocenters. The van der Waals surface area contributed by atoms with E-state index in [1.54, 1.807) is 12.1 Å². The Bertz CT molecular complexity index is 483. The first-order chi connectivity index (χ1) is 8.70. The van der Waals surface area contributed by atoms with Crippen LogP contribution in [-0.2, 0) is 0 Å². The molecule has 0 saturated heterocycles. The molecular weight excluding hydrogens is 248 g/mol. The molecule has 1 aliphatic heterocycles. The third-order valence-electron chi connectivity index (χ3n) is 2.99. The summed E-state index contributed by atoms with van der Waals surface area (Å²) in [5.74, 6) is 1.46.